The zero-order valence-electron chi connectivity index (χ0n) is 14.5. The zero-order chi connectivity index (χ0) is 16.7. The largest absolute Gasteiger partial charge is 0.492 e. The molecule has 23 heavy (non-hydrogen) atoms. The summed E-state index contributed by atoms with van der Waals surface area (Å²) in [4.78, 5) is 2.42. The molecule has 0 radical (unpaired) electrons. The number of hydrogen-bond donors (Lipinski definition) is 1. The molecule has 0 unspecified atom stereocenters. The van der Waals surface area contributed by atoms with Crippen LogP contribution in [0, 0.1) is 6.92 Å². The van der Waals surface area contributed by atoms with Gasteiger partial charge < -0.3 is 15.4 Å². The number of nitrogen functional groups attached to an aromatic ring is 1. The minimum atomic E-state index is 0.644. The highest BCUT2D eigenvalue weighted by atomic mass is 16.5. The SMILES string of the molecule is CCOc1ccc(CCCN(CC)c2cccc(C)c2)cc1N. The van der Waals surface area contributed by atoms with Crippen molar-refractivity contribution in [2.75, 3.05) is 30.3 Å². The highest BCUT2D eigenvalue weighted by molar-refractivity contribution is 5.54. The lowest BCUT2D eigenvalue weighted by Gasteiger charge is -2.23. The molecule has 0 atom stereocenters. The molecule has 3 nitrogen and oxygen atoms in total. The van der Waals surface area contributed by atoms with Gasteiger partial charge in [-0.15, -0.1) is 0 Å². The van der Waals surface area contributed by atoms with Crippen molar-refractivity contribution in [1.29, 1.82) is 0 Å². The summed E-state index contributed by atoms with van der Waals surface area (Å²) in [6.45, 7) is 9.03. The quantitative estimate of drug-likeness (QED) is 0.733. The van der Waals surface area contributed by atoms with E-state index in [9.17, 15) is 0 Å². The second-order valence-corrected chi connectivity index (χ2v) is 5.83. The molecule has 0 aromatic heterocycles. The highest BCUT2D eigenvalue weighted by Gasteiger charge is 2.06. The second kappa shape index (κ2) is 8.47. The Hall–Kier alpha value is -2.16. The van der Waals surface area contributed by atoms with E-state index >= 15 is 0 Å². The van der Waals surface area contributed by atoms with Crippen LogP contribution in [0.5, 0.6) is 5.75 Å². The lowest BCUT2D eigenvalue weighted by molar-refractivity contribution is 0.342. The Labute approximate surface area is 140 Å². The minimum absolute atomic E-state index is 0.644. The Balaban J connectivity index is 1.91. The van der Waals surface area contributed by atoms with Gasteiger partial charge in [-0.1, -0.05) is 18.2 Å². The number of rotatable bonds is 8. The van der Waals surface area contributed by atoms with E-state index in [1.807, 2.05) is 19.1 Å². The van der Waals surface area contributed by atoms with Crippen LogP contribution in [0.3, 0.4) is 0 Å². The molecule has 0 fully saturated rings. The molecule has 0 bridgehead atoms. The van der Waals surface area contributed by atoms with Crippen LogP contribution >= 0.6 is 0 Å². The molecule has 2 rings (SSSR count). The summed E-state index contributed by atoms with van der Waals surface area (Å²) >= 11 is 0. The summed E-state index contributed by atoms with van der Waals surface area (Å²) in [5, 5.41) is 0. The monoisotopic (exact) mass is 312 g/mol. The summed E-state index contributed by atoms with van der Waals surface area (Å²) in [5.41, 5.74) is 10.6. The van der Waals surface area contributed by atoms with Crippen LogP contribution < -0.4 is 15.4 Å². The molecule has 0 amide bonds. The maximum Gasteiger partial charge on any atom is 0.142 e. The predicted octanol–water partition coefficient (Wildman–Crippen LogP) is 4.44. The fourth-order valence-corrected chi connectivity index (χ4v) is 2.81. The molecular formula is C20H28N2O. The van der Waals surface area contributed by atoms with E-state index in [2.05, 4.69) is 49.1 Å². The molecule has 2 N–H and O–H groups in total. The van der Waals surface area contributed by atoms with Crippen LogP contribution in [0.25, 0.3) is 0 Å². The number of aryl methyl sites for hydroxylation is 2. The Morgan fingerprint density at radius 2 is 1.91 bits per heavy atom. The van der Waals surface area contributed by atoms with Gasteiger partial charge in [0.05, 0.1) is 12.3 Å². The molecule has 2 aromatic carbocycles. The molecule has 0 aliphatic carbocycles. The van der Waals surface area contributed by atoms with E-state index in [0.717, 1.165) is 37.4 Å². The Bertz CT molecular complexity index is 625. The number of ether oxygens (including phenoxy) is 1. The lowest BCUT2D eigenvalue weighted by Crippen LogP contribution is -2.24. The third-order valence-corrected chi connectivity index (χ3v) is 4.02. The average molecular weight is 312 g/mol. The van der Waals surface area contributed by atoms with E-state index < -0.39 is 0 Å². The molecule has 0 aliphatic heterocycles. The molecular weight excluding hydrogens is 284 g/mol. The van der Waals surface area contributed by atoms with Crippen molar-refractivity contribution in [3.63, 3.8) is 0 Å². The van der Waals surface area contributed by atoms with Crippen LogP contribution in [-0.2, 0) is 6.42 Å². The maximum atomic E-state index is 6.04. The minimum Gasteiger partial charge on any atom is -0.492 e. The van der Waals surface area contributed by atoms with Crippen molar-refractivity contribution in [3.05, 3.63) is 53.6 Å². The van der Waals surface area contributed by atoms with Gasteiger partial charge in [0.25, 0.3) is 0 Å². The summed E-state index contributed by atoms with van der Waals surface area (Å²) < 4.78 is 5.49. The first-order chi connectivity index (χ1) is 11.1. The van der Waals surface area contributed by atoms with Gasteiger partial charge in [0.2, 0.25) is 0 Å². The lowest BCUT2D eigenvalue weighted by atomic mass is 10.1. The van der Waals surface area contributed by atoms with Gasteiger partial charge in [-0.05, 0) is 69.0 Å². The maximum absolute atomic E-state index is 6.04. The Morgan fingerprint density at radius 1 is 1.09 bits per heavy atom. The Morgan fingerprint density at radius 3 is 2.57 bits per heavy atom. The number of hydrogen-bond acceptors (Lipinski definition) is 3. The summed E-state index contributed by atoms with van der Waals surface area (Å²) in [7, 11) is 0. The van der Waals surface area contributed by atoms with Crippen molar-refractivity contribution < 1.29 is 4.74 Å². The summed E-state index contributed by atoms with van der Waals surface area (Å²) in [5.74, 6) is 0.784. The van der Waals surface area contributed by atoms with Gasteiger partial charge >= 0.3 is 0 Å². The molecule has 0 aliphatic rings. The van der Waals surface area contributed by atoms with E-state index in [4.69, 9.17) is 10.5 Å². The average Bonchev–Trinajstić information content (AvgIpc) is 2.54. The first kappa shape index (κ1) is 17.2. The smallest absolute Gasteiger partial charge is 0.142 e. The van der Waals surface area contributed by atoms with Gasteiger partial charge in [0.15, 0.2) is 0 Å². The predicted molar refractivity (Wildman–Crippen MR) is 99.4 cm³/mol. The van der Waals surface area contributed by atoms with E-state index in [-0.39, 0.29) is 0 Å². The van der Waals surface area contributed by atoms with E-state index in [0.29, 0.717) is 6.61 Å². The van der Waals surface area contributed by atoms with Crippen LogP contribution in [0.2, 0.25) is 0 Å². The third kappa shape index (κ3) is 4.92. The Kier molecular flexibility index (Phi) is 6.33. The van der Waals surface area contributed by atoms with Crippen molar-refractivity contribution in [2.45, 2.75) is 33.6 Å². The number of nitrogens with two attached hydrogens (primary N) is 1. The van der Waals surface area contributed by atoms with Crippen molar-refractivity contribution in [2.24, 2.45) is 0 Å². The van der Waals surface area contributed by atoms with Gasteiger partial charge in [-0.2, -0.15) is 0 Å². The molecule has 0 spiro atoms. The normalized spacial score (nSPS) is 10.6. The molecule has 124 valence electrons. The molecule has 0 heterocycles. The van der Waals surface area contributed by atoms with E-state index in [1.54, 1.807) is 0 Å². The first-order valence-electron chi connectivity index (χ1n) is 8.46. The molecule has 2 aromatic rings. The van der Waals surface area contributed by atoms with Crippen molar-refractivity contribution >= 4 is 11.4 Å². The number of nitrogens with zero attached hydrogens (tertiary/aromatic N) is 1. The van der Waals surface area contributed by atoms with Crippen LogP contribution in [0.4, 0.5) is 11.4 Å². The zero-order valence-corrected chi connectivity index (χ0v) is 14.5. The first-order valence-corrected chi connectivity index (χ1v) is 8.46. The summed E-state index contributed by atoms with van der Waals surface area (Å²) in [6, 6.07) is 14.8. The van der Waals surface area contributed by atoms with Gasteiger partial charge in [0.1, 0.15) is 5.75 Å². The number of anilines is 2. The van der Waals surface area contributed by atoms with Gasteiger partial charge in [0, 0.05) is 18.8 Å². The molecule has 3 heteroatoms. The fourth-order valence-electron chi connectivity index (χ4n) is 2.81. The van der Waals surface area contributed by atoms with Crippen molar-refractivity contribution in [3.8, 4) is 5.75 Å². The van der Waals surface area contributed by atoms with E-state index in [1.165, 1.54) is 16.8 Å². The fraction of sp³-hybridized carbons (Fsp3) is 0.400. The van der Waals surface area contributed by atoms with Crippen LogP contribution in [0.1, 0.15) is 31.4 Å². The molecule has 0 saturated carbocycles. The molecule has 0 saturated heterocycles. The van der Waals surface area contributed by atoms with Gasteiger partial charge in [-0.3, -0.25) is 0 Å². The third-order valence-electron chi connectivity index (χ3n) is 4.02. The van der Waals surface area contributed by atoms with Crippen LogP contribution in [-0.4, -0.2) is 19.7 Å². The highest BCUT2D eigenvalue weighted by Crippen LogP contribution is 2.23. The van der Waals surface area contributed by atoms with Crippen LogP contribution in [0.15, 0.2) is 42.5 Å². The topological polar surface area (TPSA) is 38.5 Å². The van der Waals surface area contributed by atoms with Crippen molar-refractivity contribution in [1.82, 2.24) is 0 Å². The second-order valence-electron chi connectivity index (χ2n) is 5.83. The summed E-state index contributed by atoms with van der Waals surface area (Å²) in [6.07, 6.45) is 2.13. The standard InChI is InChI=1S/C20H28N2O/c1-4-22(18-10-6-8-16(3)14-18)13-7-9-17-11-12-20(23-5-2)19(21)15-17/h6,8,10-12,14-15H,4-5,7,9,13,21H2,1-3H3. The number of benzene rings is 2. The van der Waals surface area contributed by atoms with Gasteiger partial charge in [-0.25, -0.2) is 0 Å².